The fraction of sp³-hybridized carbons (Fsp3) is 0.211. The summed E-state index contributed by atoms with van der Waals surface area (Å²) in [5, 5.41) is 10.6. The second-order valence-electron chi connectivity index (χ2n) is 6.36. The second kappa shape index (κ2) is 6.51. The predicted octanol–water partition coefficient (Wildman–Crippen LogP) is 2.26. The number of nitrogens with zero attached hydrogens (tertiary/aromatic N) is 1. The fourth-order valence-corrected chi connectivity index (χ4v) is 3.28. The van der Waals surface area contributed by atoms with Gasteiger partial charge in [-0.1, -0.05) is 12.1 Å². The Labute approximate surface area is 149 Å². The van der Waals surface area contributed by atoms with Crippen molar-refractivity contribution in [2.45, 2.75) is 25.7 Å². The van der Waals surface area contributed by atoms with Gasteiger partial charge in [0.05, 0.1) is 16.5 Å². The lowest BCUT2D eigenvalue weighted by Crippen LogP contribution is -2.31. The van der Waals surface area contributed by atoms with Crippen molar-refractivity contribution in [3.63, 3.8) is 0 Å². The average Bonchev–Trinajstić information content (AvgIpc) is 2.65. The number of phenols is 1. The van der Waals surface area contributed by atoms with Gasteiger partial charge in [0, 0.05) is 0 Å². The first-order valence-corrected chi connectivity index (χ1v) is 8.52. The first kappa shape index (κ1) is 16.1. The molecule has 132 valence electrons. The molecule has 0 saturated heterocycles. The molecule has 0 saturated carbocycles. The third-order valence-electron chi connectivity index (χ3n) is 4.61. The van der Waals surface area contributed by atoms with Crippen molar-refractivity contribution < 1.29 is 9.90 Å². The minimum Gasteiger partial charge on any atom is -0.507 e. The molecule has 0 atom stereocenters. The van der Waals surface area contributed by atoms with E-state index in [2.05, 4.69) is 20.8 Å². The molecule has 1 amide bonds. The quantitative estimate of drug-likeness (QED) is 0.542. The number of aromatic nitrogens is 2. The van der Waals surface area contributed by atoms with Gasteiger partial charge in [0.15, 0.2) is 0 Å². The molecular formula is C19H18N4O3. The van der Waals surface area contributed by atoms with E-state index in [1.54, 1.807) is 36.4 Å². The molecule has 0 spiro atoms. The number of nitrogens with one attached hydrogen (secondary N) is 3. The number of fused-ring (bicyclic) bond motifs is 2. The normalized spacial score (nSPS) is 13.2. The summed E-state index contributed by atoms with van der Waals surface area (Å²) in [5.74, 6) is -0.420. The van der Waals surface area contributed by atoms with Gasteiger partial charge in [0.1, 0.15) is 5.75 Å². The van der Waals surface area contributed by atoms with Crippen LogP contribution in [0.25, 0.3) is 10.9 Å². The third-order valence-corrected chi connectivity index (χ3v) is 4.61. The van der Waals surface area contributed by atoms with E-state index in [-0.39, 0.29) is 22.8 Å². The molecule has 1 aliphatic carbocycles. The molecule has 7 nitrogen and oxygen atoms in total. The Bertz CT molecular complexity index is 1060. The van der Waals surface area contributed by atoms with E-state index in [1.807, 2.05) is 0 Å². The lowest BCUT2D eigenvalue weighted by atomic mass is 9.90. The second-order valence-corrected chi connectivity index (χ2v) is 6.36. The van der Waals surface area contributed by atoms with Crippen LogP contribution in [-0.2, 0) is 12.8 Å². The maximum Gasteiger partial charge on any atom is 0.273 e. The third kappa shape index (κ3) is 2.99. The molecule has 1 heterocycles. The Morgan fingerprint density at radius 3 is 2.65 bits per heavy atom. The predicted molar refractivity (Wildman–Crippen MR) is 98.2 cm³/mol. The van der Waals surface area contributed by atoms with Crippen LogP contribution in [0.4, 0.5) is 5.95 Å². The Balaban J connectivity index is 1.55. The van der Waals surface area contributed by atoms with Gasteiger partial charge in [0.2, 0.25) is 5.95 Å². The molecule has 0 aliphatic heterocycles. The van der Waals surface area contributed by atoms with Gasteiger partial charge in [-0.25, -0.2) is 4.98 Å². The summed E-state index contributed by atoms with van der Waals surface area (Å²) in [5.41, 5.74) is 7.68. The average molecular weight is 350 g/mol. The van der Waals surface area contributed by atoms with E-state index >= 15 is 0 Å². The van der Waals surface area contributed by atoms with Gasteiger partial charge in [0.25, 0.3) is 11.5 Å². The zero-order chi connectivity index (χ0) is 18.1. The monoisotopic (exact) mass is 350 g/mol. The van der Waals surface area contributed by atoms with Crippen LogP contribution in [0, 0.1) is 0 Å². The van der Waals surface area contributed by atoms with Crippen molar-refractivity contribution >= 4 is 22.8 Å². The highest BCUT2D eigenvalue weighted by Crippen LogP contribution is 2.28. The summed E-state index contributed by atoms with van der Waals surface area (Å²) in [6.07, 6.45) is 4.01. The number of hydrazine groups is 1. The molecule has 0 fully saturated rings. The molecule has 7 heteroatoms. The highest BCUT2D eigenvalue weighted by atomic mass is 16.3. The summed E-state index contributed by atoms with van der Waals surface area (Å²) in [7, 11) is 0. The number of phenolic OH excluding ortho intramolecular Hbond substituents is 1. The summed E-state index contributed by atoms with van der Waals surface area (Å²) >= 11 is 0. The van der Waals surface area contributed by atoms with Gasteiger partial charge >= 0.3 is 0 Å². The van der Waals surface area contributed by atoms with Crippen molar-refractivity contribution in [1.82, 2.24) is 15.4 Å². The number of H-pyrrole nitrogens is 1. The van der Waals surface area contributed by atoms with Gasteiger partial charge in [-0.3, -0.25) is 25.4 Å². The number of rotatable bonds is 3. The molecular weight excluding hydrogens is 332 g/mol. The number of hydrogen-bond donors (Lipinski definition) is 4. The number of carbonyl (C=O) groups is 1. The van der Waals surface area contributed by atoms with Crippen molar-refractivity contribution in [3.05, 3.63) is 63.4 Å². The van der Waals surface area contributed by atoms with E-state index in [0.717, 1.165) is 36.8 Å². The number of aromatic amines is 1. The van der Waals surface area contributed by atoms with E-state index in [1.165, 1.54) is 0 Å². The number of benzene rings is 2. The number of anilines is 1. The van der Waals surface area contributed by atoms with Gasteiger partial charge in [-0.15, -0.1) is 0 Å². The molecule has 0 unspecified atom stereocenters. The van der Waals surface area contributed by atoms with E-state index in [9.17, 15) is 14.7 Å². The van der Waals surface area contributed by atoms with E-state index in [4.69, 9.17) is 0 Å². The standard InChI is InChI=1S/C19H18N4O3/c24-16-10-12-6-2-1-5-11(12)9-14(16)18(26)22-23-19-20-15-8-4-3-7-13(15)17(25)21-19/h3-4,7-10,24H,1-2,5-6H2,(H,22,26)(H2,20,21,23,25). The maximum atomic E-state index is 12.4. The number of aryl methyl sites for hydroxylation is 2. The van der Waals surface area contributed by atoms with Crippen molar-refractivity contribution in [3.8, 4) is 5.75 Å². The topological polar surface area (TPSA) is 107 Å². The zero-order valence-electron chi connectivity index (χ0n) is 14.0. The van der Waals surface area contributed by atoms with E-state index in [0.29, 0.717) is 10.9 Å². The minimum atomic E-state index is -0.494. The molecule has 0 radical (unpaired) electrons. The van der Waals surface area contributed by atoms with E-state index < -0.39 is 5.91 Å². The smallest absolute Gasteiger partial charge is 0.273 e. The van der Waals surface area contributed by atoms with Gasteiger partial charge in [-0.05, 0) is 61.1 Å². The van der Waals surface area contributed by atoms with Crippen LogP contribution >= 0.6 is 0 Å². The van der Waals surface area contributed by atoms with Crippen molar-refractivity contribution in [2.75, 3.05) is 5.43 Å². The van der Waals surface area contributed by atoms with Crippen LogP contribution in [0.3, 0.4) is 0 Å². The first-order valence-electron chi connectivity index (χ1n) is 8.52. The SMILES string of the molecule is O=C(NNc1nc2ccccc2c(=O)[nH]1)c1cc2c(cc1O)CCCC2. The number of hydrogen-bond acceptors (Lipinski definition) is 5. The van der Waals surface area contributed by atoms with Crippen LogP contribution in [0.15, 0.2) is 41.2 Å². The molecule has 4 N–H and O–H groups in total. The number of carbonyl (C=O) groups excluding carboxylic acids is 1. The summed E-state index contributed by atoms with van der Waals surface area (Å²) in [6, 6.07) is 10.3. The lowest BCUT2D eigenvalue weighted by molar-refractivity contribution is 0.0959. The number of aromatic hydroxyl groups is 1. The van der Waals surface area contributed by atoms with Crippen molar-refractivity contribution in [2.24, 2.45) is 0 Å². The zero-order valence-corrected chi connectivity index (χ0v) is 14.0. The Kier molecular flexibility index (Phi) is 4.04. The molecule has 0 bridgehead atoms. The maximum absolute atomic E-state index is 12.4. The Hall–Kier alpha value is -3.35. The fourth-order valence-electron chi connectivity index (χ4n) is 3.28. The summed E-state index contributed by atoms with van der Waals surface area (Å²) in [4.78, 5) is 31.3. The highest BCUT2D eigenvalue weighted by Gasteiger charge is 2.17. The van der Waals surface area contributed by atoms with Crippen LogP contribution in [-0.4, -0.2) is 21.0 Å². The molecule has 3 aromatic rings. The van der Waals surface area contributed by atoms with Crippen LogP contribution < -0.4 is 16.4 Å². The summed E-state index contributed by atoms with van der Waals surface area (Å²) < 4.78 is 0. The number of amides is 1. The summed E-state index contributed by atoms with van der Waals surface area (Å²) in [6.45, 7) is 0. The highest BCUT2D eigenvalue weighted by molar-refractivity contribution is 5.97. The van der Waals surface area contributed by atoms with Gasteiger partial charge < -0.3 is 5.11 Å². The Morgan fingerprint density at radius 2 is 1.85 bits per heavy atom. The molecule has 4 rings (SSSR count). The van der Waals surface area contributed by atoms with Crippen molar-refractivity contribution in [1.29, 1.82) is 0 Å². The molecule has 1 aliphatic rings. The largest absolute Gasteiger partial charge is 0.507 e. The molecule has 26 heavy (non-hydrogen) atoms. The minimum absolute atomic E-state index is 0.0510. The van der Waals surface area contributed by atoms with Gasteiger partial charge in [-0.2, -0.15) is 0 Å². The van der Waals surface area contributed by atoms with Crippen LogP contribution in [0.2, 0.25) is 0 Å². The Morgan fingerprint density at radius 1 is 1.12 bits per heavy atom. The molecule has 2 aromatic carbocycles. The number of para-hydroxylation sites is 1. The van der Waals surface area contributed by atoms with Crippen LogP contribution in [0.1, 0.15) is 34.3 Å². The lowest BCUT2D eigenvalue weighted by Gasteiger charge is -2.17. The first-order chi connectivity index (χ1) is 12.6. The molecule has 1 aromatic heterocycles. The van der Waals surface area contributed by atoms with Crippen LogP contribution in [0.5, 0.6) is 5.75 Å².